The summed E-state index contributed by atoms with van der Waals surface area (Å²) < 4.78 is 30.5. The van der Waals surface area contributed by atoms with Gasteiger partial charge in [-0.25, -0.2) is 18.7 Å². The summed E-state index contributed by atoms with van der Waals surface area (Å²) in [6.45, 7) is 1.69. The number of anilines is 2. The first-order valence-electron chi connectivity index (χ1n) is 8.96. The van der Waals surface area contributed by atoms with E-state index in [1.807, 2.05) is 6.07 Å². The first kappa shape index (κ1) is 20.3. The molecule has 0 saturated carbocycles. The van der Waals surface area contributed by atoms with Crippen molar-refractivity contribution in [1.29, 1.82) is 5.26 Å². The predicted octanol–water partition coefficient (Wildman–Crippen LogP) is 3.44. The maximum absolute atomic E-state index is 13.9. The van der Waals surface area contributed by atoms with Crippen molar-refractivity contribution in [2.75, 3.05) is 11.1 Å². The largest absolute Gasteiger partial charge is 0.382 e. The number of nitrogens with zero attached hydrogens (tertiary/aromatic N) is 5. The van der Waals surface area contributed by atoms with Crippen LogP contribution in [0.2, 0.25) is 5.02 Å². The Kier molecular flexibility index (Phi) is 5.04. The van der Waals surface area contributed by atoms with Gasteiger partial charge >= 0.3 is 0 Å². The second-order valence-corrected chi connectivity index (χ2v) is 7.11. The van der Waals surface area contributed by atoms with Crippen LogP contribution in [0.1, 0.15) is 24.2 Å². The minimum atomic E-state index is -0.842. The summed E-state index contributed by atoms with van der Waals surface area (Å²) in [5, 5.41) is 12.6. The smallest absolute Gasteiger partial charge is 0.281 e. The van der Waals surface area contributed by atoms with Crippen molar-refractivity contribution < 1.29 is 8.78 Å². The first-order valence-corrected chi connectivity index (χ1v) is 9.33. The topological polar surface area (TPSA) is 114 Å². The number of nitriles is 1. The van der Waals surface area contributed by atoms with Gasteiger partial charge in [-0.1, -0.05) is 11.6 Å². The van der Waals surface area contributed by atoms with E-state index in [0.717, 1.165) is 16.7 Å². The zero-order chi connectivity index (χ0) is 22.3. The van der Waals surface area contributed by atoms with Gasteiger partial charge in [0, 0.05) is 18.5 Å². The van der Waals surface area contributed by atoms with Gasteiger partial charge in [0.2, 0.25) is 0 Å². The molecule has 0 spiro atoms. The maximum Gasteiger partial charge on any atom is 0.281 e. The van der Waals surface area contributed by atoms with Crippen LogP contribution in [-0.2, 0) is 0 Å². The predicted molar refractivity (Wildman–Crippen MR) is 111 cm³/mol. The van der Waals surface area contributed by atoms with Crippen LogP contribution in [0.15, 0.2) is 47.8 Å². The van der Waals surface area contributed by atoms with E-state index in [1.165, 1.54) is 16.8 Å². The van der Waals surface area contributed by atoms with Crippen molar-refractivity contribution in [3.8, 4) is 11.8 Å². The van der Waals surface area contributed by atoms with Gasteiger partial charge in [0.25, 0.3) is 5.56 Å². The Hall–Kier alpha value is -3.97. The van der Waals surface area contributed by atoms with Gasteiger partial charge < -0.3 is 15.5 Å². The molecule has 0 fully saturated rings. The summed E-state index contributed by atoms with van der Waals surface area (Å²) in [6, 6.07) is 5.60. The Morgan fingerprint density at radius 2 is 1.97 bits per heavy atom. The number of hydrogen-bond acceptors (Lipinski definition) is 6. The first-order chi connectivity index (χ1) is 14.8. The number of halogens is 3. The molecule has 8 nitrogen and oxygen atoms in total. The molecule has 0 amide bonds. The summed E-state index contributed by atoms with van der Waals surface area (Å²) in [5.41, 5.74) is 5.64. The minimum absolute atomic E-state index is 0.00978. The lowest BCUT2D eigenvalue weighted by atomic mass is 10.2. The Balaban J connectivity index is 1.94. The SMILES string of the molecule is CC(Nc1ncnc(N)c1C#N)c1cn2ccc(Cl)c2c(=O)n1-c1cc(F)cc(F)c1. The lowest BCUT2D eigenvalue weighted by Gasteiger charge is -2.21. The van der Waals surface area contributed by atoms with Gasteiger partial charge in [-0.2, -0.15) is 5.26 Å². The fourth-order valence-electron chi connectivity index (χ4n) is 3.30. The molecule has 31 heavy (non-hydrogen) atoms. The Bertz CT molecular complexity index is 1400. The normalized spacial score (nSPS) is 12.0. The molecule has 0 aliphatic heterocycles. The van der Waals surface area contributed by atoms with Crippen LogP contribution in [0.5, 0.6) is 0 Å². The highest BCUT2D eigenvalue weighted by atomic mass is 35.5. The number of rotatable bonds is 4. The summed E-state index contributed by atoms with van der Waals surface area (Å²) in [7, 11) is 0. The Morgan fingerprint density at radius 3 is 2.65 bits per heavy atom. The average molecular weight is 442 g/mol. The van der Waals surface area contributed by atoms with Crippen molar-refractivity contribution in [2.24, 2.45) is 0 Å². The van der Waals surface area contributed by atoms with Gasteiger partial charge in [-0.05, 0) is 25.1 Å². The second-order valence-electron chi connectivity index (χ2n) is 6.70. The minimum Gasteiger partial charge on any atom is -0.382 e. The van der Waals surface area contributed by atoms with E-state index in [-0.39, 0.29) is 33.4 Å². The van der Waals surface area contributed by atoms with E-state index in [2.05, 4.69) is 15.3 Å². The van der Waals surface area contributed by atoms with Crippen molar-refractivity contribution in [2.45, 2.75) is 13.0 Å². The highest BCUT2D eigenvalue weighted by molar-refractivity contribution is 6.33. The fraction of sp³-hybridized carbons (Fsp3) is 0.100. The average Bonchev–Trinajstić information content (AvgIpc) is 3.08. The third-order valence-corrected chi connectivity index (χ3v) is 5.00. The van der Waals surface area contributed by atoms with E-state index < -0.39 is 23.2 Å². The molecular formula is C20H14ClF2N7O. The molecule has 4 aromatic rings. The number of hydrogen-bond donors (Lipinski definition) is 2. The van der Waals surface area contributed by atoms with Crippen LogP contribution in [0.4, 0.5) is 20.4 Å². The molecule has 1 atom stereocenters. The van der Waals surface area contributed by atoms with Crippen LogP contribution in [-0.4, -0.2) is 18.9 Å². The van der Waals surface area contributed by atoms with Crippen LogP contribution in [0, 0.1) is 23.0 Å². The number of nitrogen functional groups attached to an aromatic ring is 1. The zero-order valence-corrected chi connectivity index (χ0v) is 16.7. The van der Waals surface area contributed by atoms with Gasteiger partial charge in [-0.15, -0.1) is 0 Å². The molecule has 156 valence electrons. The van der Waals surface area contributed by atoms with Crippen molar-refractivity contribution >= 4 is 28.8 Å². The second kappa shape index (κ2) is 7.70. The lowest BCUT2D eigenvalue weighted by Crippen LogP contribution is -2.27. The van der Waals surface area contributed by atoms with Crippen molar-refractivity contribution in [3.05, 3.63) is 81.3 Å². The highest BCUT2D eigenvalue weighted by Gasteiger charge is 2.21. The maximum atomic E-state index is 13.9. The number of aromatic nitrogens is 4. The molecular weight excluding hydrogens is 428 g/mol. The zero-order valence-electron chi connectivity index (χ0n) is 16.0. The third-order valence-electron chi connectivity index (χ3n) is 4.69. The highest BCUT2D eigenvalue weighted by Crippen LogP contribution is 2.26. The Morgan fingerprint density at radius 1 is 1.26 bits per heavy atom. The molecule has 0 aliphatic rings. The number of nitrogens with two attached hydrogens (primary N) is 1. The molecule has 1 aromatic carbocycles. The standard InChI is InChI=1S/C20H14ClF2N7O/c1-10(28-19-14(7-24)18(25)26-9-27-19)16-8-29-3-2-15(21)17(29)20(31)30(16)13-5-11(22)4-12(23)6-13/h2-6,8-10H,1H3,(H3,25,26,27,28). The van der Waals surface area contributed by atoms with Gasteiger partial charge in [0.15, 0.2) is 0 Å². The van der Waals surface area contributed by atoms with E-state index in [4.69, 9.17) is 17.3 Å². The monoisotopic (exact) mass is 441 g/mol. The van der Waals surface area contributed by atoms with Crippen molar-refractivity contribution in [3.63, 3.8) is 0 Å². The van der Waals surface area contributed by atoms with Crippen LogP contribution < -0.4 is 16.6 Å². The van der Waals surface area contributed by atoms with Crippen LogP contribution in [0.3, 0.4) is 0 Å². The molecule has 4 rings (SSSR count). The number of nitrogens with one attached hydrogen (secondary N) is 1. The van der Waals surface area contributed by atoms with Gasteiger partial charge in [0.1, 0.15) is 46.7 Å². The fourth-order valence-corrected chi connectivity index (χ4v) is 3.54. The molecule has 0 saturated heterocycles. The molecule has 3 N–H and O–H groups in total. The van der Waals surface area contributed by atoms with Gasteiger partial charge in [-0.3, -0.25) is 9.36 Å². The lowest BCUT2D eigenvalue weighted by molar-refractivity contribution is 0.580. The summed E-state index contributed by atoms with van der Waals surface area (Å²) in [5.74, 6) is -1.54. The molecule has 0 bridgehead atoms. The van der Waals surface area contributed by atoms with E-state index in [1.54, 1.807) is 19.3 Å². The van der Waals surface area contributed by atoms with E-state index in [0.29, 0.717) is 11.8 Å². The van der Waals surface area contributed by atoms with E-state index in [9.17, 15) is 18.8 Å². The summed E-state index contributed by atoms with van der Waals surface area (Å²) in [6.07, 6.45) is 4.38. The van der Waals surface area contributed by atoms with Crippen molar-refractivity contribution in [1.82, 2.24) is 18.9 Å². The molecule has 1 unspecified atom stereocenters. The molecule has 0 radical (unpaired) electrons. The quantitative estimate of drug-likeness (QED) is 0.501. The molecule has 0 aliphatic carbocycles. The molecule has 11 heteroatoms. The van der Waals surface area contributed by atoms with Crippen LogP contribution in [0.25, 0.3) is 11.2 Å². The third kappa shape index (κ3) is 3.55. The van der Waals surface area contributed by atoms with Gasteiger partial charge in [0.05, 0.1) is 22.4 Å². The summed E-state index contributed by atoms with van der Waals surface area (Å²) >= 11 is 6.15. The van der Waals surface area contributed by atoms with E-state index >= 15 is 0 Å². The number of benzene rings is 1. The molecule has 3 aromatic heterocycles. The molecule has 3 heterocycles. The summed E-state index contributed by atoms with van der Waals surface area (Å²) in [4.78, 5) is 21.1. The Labute approximate surface area is 179 Å². The number of fused-ring (bicyclic) bond motifs is 1. The van der Waals surface area contributed by atoms with Crippen LogP contribution >= 0.6 is 11.6 Å².